The number of carbonyl (C=O) groups is 1. The van der Waals surface area contributed by atoms with Gasteiger partial charge in [0.05, 0.1) is 17.5 Å². The van der Waals surface area contributed by atoms with Crippen LogP contribution in [-0.4, -0.2) is 20.4 Å². The van der Waals surface area contributed by atoms with E-state index in [2.05, 4.69) is 20.6 Å². The van der Waals surface area contributed by atoms with Crippen LogP contribution in [0.15, 0.2) is 24.5 Å². The highest BCUT2D eigenvalue weighted by molar-refractivity contribution is 6.00. The molecule has 6 nitrogen and oxygen atoms in total. The molecular formula is C19H19F2N5O. The number of rotatable bonds is 5. The minimum atomic E-state index is -0.692. The van der Waals surface area contributed by atoms with Crippen molar-refractivity contribution in [2.45, 2.75) is 26.2 Å². The maximum Gasteiger partial charge on any atom is 0.228 e. The SMILES string of the molecule is CCc1cc(F)cc(F)c1Nc1cc2c(ncn2C)c(NC(=O)C2CC2)n1. The number of benzene rings is 1. The molecule has 27 heavy (non-hydrogen) atoms. The van der Waals surface area contributed by atoms with Crippen molar-refractivity contribution in [2.24, 2.45) is 13.0 Å². The van der Waals surface area contributed by atoms with Crippen molar-refractivity contribution in [1.29, 1.82) is 0 Å². The zero-order valence-corrected chi connectivity index (χ0v) is 15.0. The minimum Gasteiger partial charge on any atom is -0.337 e. The van der Waals surface area contributed by atoms with Crippen LogP contribution in [0.4, 0.5) is 26.1 Å². The Morgan fingerprint density at radius 2 is 2.07 bits per heavy atom. The number of aryl methyl sites for hydroxylation is 2. The number of nitrogens with one attached hydrogen (secondary N) is 2. The fourth-order valence-electron chi connectivity index (χ4n) is 3.02. The van der Waals surface area contributed by atoms with Crippen molar-refractivity contribution in [3.63, 3.8) is 0 Å². The topological polar surface area (TPSA) is 71.8 Å². The van der Waals surface area contributed by atoms with Crippen LogP contribution in [-0.2, 0) is 18.3 Å². The summed E-state index contributed by atoms with van der Waals surface area (Å²) in [6.07, 6.45) is 3.82. The average Bonchev–Trinajstić information content (AvgIpc) is 3.41. The first-order chi connectivity index (χ1) is 13.0. The highest BCUT2D eigenvalue weighted by Crippen LogP contribution is 2.32. The van der Waals surface area contributed by atoms with E-state index in [0.29, 0.717) is 29.1 Å². The van der Waals surface area contributed by atoms with Crippen LogP contribution in [0.3, 0.4) is 0 Å². The number of halogens is 2. The lowest BCUT2D eigenvalue weighted by Gasteiger charge is -2.14. The van der Waals surface area contributed by atoms with Gasteiger partial charge in [-0.25, -0.2) is 18.7 Å². The third kappa shape index (κ3) is 3.34. The number of pyridine rings is 1. The van der Waals surface area contributed by atoms with Gasteiger partial charge in [-0.05, 0) is 30.9 Å². The number of nitrogens with zero attached hydrogens (tertiary/aromatic N) is 3. The normalized spacial score (nSPS) is 13.8. The van der Waals surface area contributed by atoms with Crippen molar-refractivity contribution >= 4 is 34.3 Å². The lowest BCUT2D eigenvalue weighted by Crippen LogP contribution is -2.15. The predicted octanol–water partition coefficient (Wildman–Crippen LogP) is 3.90. The van der Waals surface area contributed by atoms with E-state index in [4.69, 9.17) is 0 Å². The van der Waals surface area contributed by atoms with E-state index in [-0.39, 0.29) is 17.5 Å². The van der Waals surface area contributed by atoms with Gasteiger partial charge in [0, 0.05) is 25.1 Å². The maximum absolute atomic E-state index is 14.3. The van der Waals surface area contributed by atoms with Gasteiger partial charge in [0.2, 0.25) is 5.91 Å². The summed E-state index contributed by atoms with van der Waals surface area (Å²) < 4.78 is 29.6. The summed E-state index contributed by atoms with van der Waals surface area (Å²) >= 11 is 0. The average molecular weight is 371 g/mol. The van der Waals surface area contributed by atoms with Crippen molar-refractivity contribution in [1.82, 2.24) is 14.5 Å². The quantitative estimate of drug-likeness (QED) is 0.714. The van der Waals surface area contributed by atoms with Crippen molar-refractivity contribution < 1.29 is 13.6 Å². The second-order valence-electron chi connectivity index (χ2n) is 6.74. The Hall–Kier alpha value is -3.03. The van der Waals surface area contributed by atoms with Gasteiger partial charge in [0.1, 0.15) is 23.0 Å². The highest BCUT2D eigenvalue weighted by atomic mass is 19.1. The van der Waals surface area contributed by atoms with Crippen LogP contribution in [0.25, 0.3) is 11.0 Å². The largest absolute Gasteiger partial charge is 0.337 e. The van der Waals surface area contributed by atoms with Crippen LogP contribution in [0, 0.1) is 17.6 Å². The Morgan fingerprint density at radius 3 is 2.78 bits per heavy atom. The zero-order valence-electron chi connectivity index (χ0n) is 15.0. The standard InChI is InChI=1S/C19H19F2N5O/c1-3-10-6-12(20)7-13(21)16(10)23-15-8-14-17(22-9-26(14)2)18(24-15)25-19(27)11-4-5-11/h6-9,11H,3-5H2,1-2H3,(H2,23,24,25,27). The van der Waals surface area contributed by atoms with Gasteiger partial charge in [-0.1, -0.05) is 6.92 Å². The monoisotopic (exact) mass is 371 g/mol. The lowest BCUT2D eigenvalue weighted by molar-refractivity contribution is -0.117. The summed E-state index contributed by atoms with van der Waals surface area (Å²) in [4.78, 5) is 20.9. The van der Waals surface area contributed by atoms with Crippen LogP contribution >= 0.6 is 0 Å². The summed E-state index contributed by atoms with van der Waals surface area (Å²) in [6.45, 7) is 1.82. The summed E-state index contributed by atoms with van der Waals surface area (Å²) in [5.41, 5.74) is 1.97. The highest BCUT2D eigenvalue weighted by Gasteiger charge is 2.30. The second kappa shape index (κ2) is 6.61. The first-order valence-corrected chi connectivity index (χ1v) is 8.84. The maximum atomic E-state index is 14.3. The van der Waals surface area contributed by atoms with E-state index >= 15 is 0 Å². The minimum absolute atomic E-state index is 0.0171. The van der Waals surface area contributed by atoms with Crippen LogP contribution < -0.4 is 10.6 Å². The zero-order chi connectivity index (χ0) is 19.1. The molecule has 1 aromatic carbocycles. The van der Waals surface area contributed by atoms with E-state index in [1.165, 1.54) is 6.07 Å². The van der Waals surface area contributed by atoms with E-state index in [1.807, 2.05) is 14.0 Å². The molecule has 0 radical (unpaired) electrons. The Morgan fingerprint density at radius 1 is 1.30 bits per heavy atom. The molecule has 2 N–H and O–H groups in total. The molecule has 2 heterocycles. The van der Waals surface area contributed by atoms with E-state index in [9.17, 15) is 13.6 Å². The Balaban J connectivity index is 1.76. The number of amides is 1. The van der Waals surface area contributed by atoms with Crippen molar-refractivity contribution in [3.05, 3.63) is 41.7 Å². The molecule has 140 valence electrons. The van der Waals surface area contributed by atoms with Gasteiger partial charge in [0.15, 0.2) is 5.82 Å². The number of carbonyl (C=O) groups excluding carboxylic acids is 1. The molecule has 2 aromatic heterocycles. The van der Waals surface area contributed by atoms with Gasteiger partial charge in [-0.15, -0.1) is 0 Å². The molecule has 1 amide bonds. The van der Waals surface area contributed by atoms with Gasteiger partial charge >= 0.3 is 0 Å². The molecule has 3 aromatic rings. The Kier molecular flexibility index (Phi) is 4.25. The molecule has 0 bridgehead atoms. The van der Waals surface area contributed by atoms with Gasteiger partial charge in [0.25, 0.3) is 0 Å². The van der Waals surface area contributed by atoms with Gasteiger partial charge in [-0.3, -0.25) is 4.79 Å². The number of anilines is 3. The number of imidazole rings is 1. The lowest BCUT2D eigenvalue weighted by atomic mass is 10.1. The molecule has 0 unspecified atom stereocenters. The number of fused-ring (bicyclic) bond motifs is 1. The first-order valence-electron chi connectivity index (χ1n) is 8.84. The summed E-state index contributed by atoms with van der Waals surface area (Å²) in [5.74, 6) is -0.715. The number of hydrogen-bond acceptors (Lipinski definition) is 4. The first kappa shape index (κ1) is 17.4. The fourth-order valence-corrected chi connectivity index (χ4v) is 3.02. The van der Waals surface area contributed by atoms with E-state index in [0.717, 1.165) is 24.4 Å². The molecule has 1 fully saturated rings. The van der Waals surface area contributed by atoms with Gasteiger partial charge < -0.3 is 15.2 Å². The van der Waals surface area contributed by atoms with Gasteiger partial charge in [-0.2, -0.15) is 0 Å². The van der Waals surface area contributed by atoms with Crippen molar-refractivity contribution in [2.75, 3.05) is 10.6 Å². The fraction of sp³-hybridized carbons (Fsp3) is 0.316. The van der Waals surface area contributed by atoms with Crippen molar-refractivity contribution in [3.8, 4) is 0 Å². The smallest absolute Gasteiger partial charge is 0.228 e. The second-order valence-corrected chi connectivity index (χ2v) is 6.74. The van der Waals surface area contributed by atoms with E-state index in [1.54, 1.807) is 17.0 Å². The summed E-state index contributed by atoms with van der Waals surface area (Å²) in [6, 6.07) is 3.85. The van der Waals surface area contributed by atoms with E-state index < -0.39 is 11.6 Å². The molecule has 0 saturated heterocycles. The molecule has 0 aliphatic heterocycles. The summed E-state index contributed by atoms with van der Waals surface area (Å²) in [5, 5.41) is 5.76. The number of aromatic nitrogens is 3. The number of hydrogen-bond donors (Lipinski definition) is 2. The molecule has 1 aliphatic rings. The van der Waals surface area contributed by atoms with Crippen LogP contribution in [0.2, 0.25) is 0 Å². The molecule has 4 rings (SSSR count). The Bertz CT molecular complexity index is 1040. The van der Waals surface area contributed by atoms with Crippen LogP contribution in [0.1, 0.15) is 25.3 Å². The predicted molar refractivity (Wildman–Crippen MR) is 98.9 cm³/mol. The third-order valence-corrected chi connectivity index (χ3v) is 4.67. The molecule has 8 heteroatoms. The van der Waals surface area contributed by atoms with Crippen LogP contribution in [0.5, 0.6) is 0 Å². The molecule has 0 atom stereocenters. The molecular weight excluding hydrogens is 352 g/mol. The molecule has 1 aliphatic carbocycles. The third-order valence-electron chi connectivity index (χ3n) is 4.67. The summed E-state index contributed by atoms with van der Waals surface area (Å²) in [7, 11) is 1.82. The molecule has 0 spiro atoms. The molecule has 1 saturated carbocycles. The Labute approximate surface area is 154 Å².